The highest BCUT2D eigenvalue weighted by Crippen LogP contribution is 2.50. The van der Waals surface area contributed by atoms with Gasteiger partial charge in [-0.1, -0.05) is 12.1 Å². The lowest BCUT2D eigenvalue weighted by atomic mass is 9.82. The molecule has 2 atom stereocenters. The number of phenolic OH excluding ortho intramolecular Hbond substituents is 2. The van der Waals surface area contributed by atoms with E-state index in [0.717, 1.165) is 0 Å². The maximum atomic E-state index is 12.6. The Balaban J connectivity index is 1.95. The molecule has 2 aromatic carbocycles. The minimum absolute atomic E-state index is 0.0914. The Morgan fingerprint density at radius 1 is 1.05 bits per heavy atom. The van der Waals surface area contributed by atoms with Crippen molar-refractivity contribution < 1.29 is 43.9 Å². The van der Waals surface area contributed by atoms with E-state index in [0.29, 0.717) is 22.4 Å². The number of nitrogens with zero attached hydrogens (tertiary/aromatic N) is 1. The first-order valence-corrected chi connectivity index (χ1v) is 11.7. The van der Waals surface area contributed by atoms with Crippen LogP contribution in [-0.4, -0.2) is 52.2 Å². The van der Waals surface area contributed by atoms with Gasteiger partial charge in [0.25, 0.3) is 0 Å². The first-order chi connectivity index (χ1) is 18.1. The van der Waals surface area contributed by atoms with Crippen molar-refractivity contribution in [3.8, 4) is 17.2 Å². The Hall–Kier alpha value is -4.44. The second-order valence-corrected chi connectivity index (χ2v) is 8.95. The first kappa shape index (κ1) is 26.6. The number of ether oxygens (including phenoxy) is 3. The Morgan fingerprint density at radius 2 is 1.74 bits per heavy atom. The summed E-state index contributed by atoms with van der Waals surface area (Å²) in [6, 6.07) is 7.40. The summed E-state index contributed by atoms with van der Waals surface area (Å²) >= 11 is 0. The Bertz CT molecular complexity index is 1430. The number of aromatic nitrogens is 1. The zero-order chi connectivity index (χ0) is 27.7. The second-order valence-electron chi connectivity index (χ2n) is 8.95. The van der Waals surface area contributed by atoms with E-state index < -0.39 is 41.2 Å². The SMILES string of the molecule is COC(=O)C[C@H](c1ccc(C(=O)OC)cc1)c1c(O)c(C(C)=O)cc([C@H]2OCc3cnc(C)c(O)c32)c1O. The van der Waals surface area contributed by atoms with E-state index >= 15 is 0 Å². The molecule has 1 aliphatic rings. The smallest absolute Gasteiger partial charge is 0.337 e. The fourth-order valence-corrected chi connectivity index (χ4v) is 4.67. The number of benzene rings is 2. The van der Waals surface area contributed by atoms with Crippen molar-refractivity contribution in [3.05, 3.63) is 81.2 Å². The van der Waals surface area contributed by atoms with Crippen LogP contribution in [0.15, 0.2) is 36.5 Å². The van der Waals surface area contributed by atoms with E-state index in [1.807, 2.05) is 0 Å². The second kappa shape index (κ2) is 10.5. The number of methoxy groups -OCH3 is 2. The van der Waals surface area contributed by atoms with Crippen molar-refractivity contribution in [1.29, 1.82) is 0 Å². The zero-order valence-electron chi connectivity index (χ0n) is 21.3. The molecule has 0 saturated carbocycles. The molecular weight excluding hydrogens is 494 g/mol. The zero-order valence-corrected chi connectivity index (χ0v) is 21.3. The molecule has 2 heterocycles. The number of rotatable bonds is 7. The summed E-state index contributed by atoms with van der Waals surface area (Å²) in [4.78, 5) is 41.0. The third-order valence-electron chi connectivity index (χ3n) is 6.71. The predicted octanol–water partition coefficient (Wildman–Crippen LogP) is 3.81. The molecule has 1 aliphatic heterocycles. The molecule has 0 amide bonds. The molecule has 0 spiro atoms. The van der Waals surface area contributed by atoms with Crippen molar-refractivity contribution in [2.24, 2.45) is 0 Å². The highest BCUT2D eigenvalue weighted by Gasteiger charge is 2.36. The summed E-state index contributed by atoms with van der Waals surface area (Å²) in [5, 5.41) is 33.5. The van der Waals surface area contributed by atoms with Crippen LogP contribution in [-0.2, 0) is 25.6 Å². The van der Waals surface area contributed by atoms with E-state index in [2.05, 4.69) is 4.98 Å². The number of carbonyl (C=O) groups excluding carboxylic acids is 3. The topological polar surface area (TPSA) is 152 Å². The molecule has 10 heteroatoms. The molecule has 38 heavy (non-hydrogen) atoms. The molecule has 0 fully saturated rings. The van der Waals surface area contributed by atoms with Gasteiger partial charge in [0.1, 0.15) is 23.4 Å². The van der Waals surface area contributed by atoms with Gasteiger partial charge in [-0.15, -0.1) is 0 Å². The molecule has 0 saturated heterocycles. The molecule has 198 valence electrons. The van der Waals surface area contributed by atoms with Crippen LogP contribution in [0, 0.1) is 6.92 Å². The molecule has 3 N–H and O–H groups in total. The number of phenols is 2. The Labute approximate surface area is 218 Å². The van der Waals surface area contributed by atoms with Gasteiger partial charge in [0, 0.05) is 34.4 Å². The van der Waals surface area contributed by atoms with Gasteiger partial charge < -0.3 is 29.5 Å². The Morgan fingerprint density at radius 3 is 2.34 bits per heavy atom. The largest absolute Gasteiger partial charge is 0.507 e. The fraction of sp³-hybridized carbons (Fsp3) is 0.286. The molecule has 0 unspecified atom stereocenters. The lowest BCUT2D eigenvalue weighted by Crippen LogP contribution is -2.14. The number of aryl methyl sites for hydroxylation is 1. The van der Waals surface area contributed by atoms with E-state index in [1.165, 1.54) is 39.3 Å². The summed E-state index contributed by atoms with van der Waals surface area (Å²) in [6.45, 7) is 2.99. The third kappa shape index (κ3) is 4.66. The maximum absolute atomic E-state index is 12.6. The van der Waals surface area contributed by atoms with Crippen molar-refractivity contribution >= 4 is 17.7 Å². The Kier molecular flexibility index (Phi) is 7.36. The van der Waals surface area contributed by atoms with E-state index in [9.17, 15) is 29.7 Å². The van der Waals surface area contributed by atoms with Crippen LogP contribution in [0.25, 0.3) is 0 Å². The molecule has 0 radical (unpaired) electrons. The van der Waals surface area contributed by atoms with Gasteiger partial charge in [0.15, 0.2) is 5.78 Å². The number of hydrogen-bond donors (Lipinski definition) is 3. The van der Waals surface area contributed by atoms with E-state index in [-0.39, 0.29) is 41.0 Å². The van der Waals surface area contributed by atoms with Crippen molar-refractivity contribution in [2.75, 3.05) is 14.2 Å². The van der Waals surface area contributed by atoms with Crippen LogP contribution in [0.3, 0.4) is 0 Å². The lowest BCUT2D eigenvalue weighted by Gasteiger charge is -2.24. The normalized spacial score (nSPS) is 15.0. The van der Waals surface area contributed by atoms with E-state index in [4.69, 9.17) is 14.2 Å². The summed E-state index contributed by atoms with van der Waals surface area (Å²) in [7, 11) is 2.46. The van der Waals surface area contributed by atoms with Crippen molar-refractivity contribution in [3.63, 3.8) is 0 Å². The number of Topliss-reactive ketones (excluding diaryl/α,β-unsaturated/α-hetero) is 1. The molecule has 1 aromatic heterocycles. The number of carbonyl (C=O) groups is 3. The van der Waals surface area contributed by atoms with Gasteiger partial charge in [0.05, 0.1) is 44.1 Å². The van der Waals surface area contributed by atoms with Crippen molar-refractivity contribution in [1.82, 2.24) is 4.98 Å². The average molecular weight is 522 g/mol. The number of ketones is 1. The molecule has 0 bridgehead atoms. The van der Waals surface area contributed by atoms with Gasteiger partial charge in [0.2, 0.25) is 0 Å². The minimum Gasteiger partial charge on any atom is -0.507 e. The van der Waals surface area contributed by atoms with Gasteiger partial charge in [-0.2, -0.15) is 0 Å². The molecular formula is C28H27NO9. The summed E-state index contributed by atoms with van der Waals surface area (Å²) in [6.07, 6.45) is 0.300. The van der Waals surface area contributed by atoms with Gasteiger partial charge in [-0.3, -0.25) is 14.6 Å². The number of hydrogen-bond acceptors (Lipinski definition) is 10. The highest BCUT2D eigenvalue weighted by molar-refractivity contribution is 5.98. The number of esters is 2. The summed E-state index contributed by atoms with van der Waals surface area (Å²) in [5.74, 6) is -3.68. The van der Waals surface area contributed by atoms with Crippen LogP contribution >= 0.6 is 0 Å². The van der Waals surface area contributed by atoms with Crippen LogP contribution in [0.5, 0.6) is 17.2 Å². The summed E-state index contributed by atoms with van der Waals surface area (Å²) in [5.41, 5.74) is 2.02. The van der Waals surface area contributed by atoms with Crippen LogP contribution in [0.1, 0.15) is 79.6 Å². The van der Waals surface area contributed by atoms with Crippen LogP contribution < -0.4 is 0 Å². The summed E-state index contributed by atoms with van der Waals surface area (Å²) < 4.78 is 15.5. The van der Waals surface area contributed by atoms with Gasteiger partial charge >= 0.3 is 11.9 Å². The number of fused-ring (bicyclic) bond motifs is 1. The average Bonchev–Trinajstić information content (AvgIpc) is 3.34. The number of aromatic hydroxyl groups is 3. The van der Waals surface area contributed by atoms with Gasteiger partial charge in [-0.25, -0.2) is 4.79 Å². The number of pyridine rings is 1. The monoisotopic (exact) mass is 521 g/mol. The third-order valence-corrected chi connectivity index (χ3v) is 6.71. The first-order valence-electron chi connectivity index (χ1n) is 11.7. The van der Waals surface area contributed by atoms with Crippen LogP contribution in [0.2, 0.25) is 0 Å². The highest BCUT2D eigenvalue weighted by atomic mass is 16.5. The minimum atomic E-state index is -0.971. The fourth-order valence-electron chi connectivity index (χ4n) is 4.67. The standard InChI is InChI=1S/C28H27NO9/c1-13-24(32)22-17(11-29-13)12-38-27(22)20-9-18(14(2)30)25(33)23(26(20)34)19(10-21(31)36-3)15-5-7-16(8-6-15)28(35)37-4/h5-9,11,19,27,32-34H,10,12H2,1-4H3/t19-,27-/m1/s1. The van der Waals surface area contributed by atoms with E-state index in [1.54, 1.807) is 25.3 Å². The predicted molar refractivity (Wildman–Crippen MR) is 133 cm³/mol. The van der Waals surface area contributed by atoms with Crippen molar-refractivity contribution in [2.45, 2.75) is 38.9 Å². The molecule has 4 rings (SSSR count). The maximum Gasteiger partial charge on any atom is 0.337 e. The quantitative estimate of drug-likeness (QED) is 0.309. The van der Waals surface area contributed by atoms with Gasteiger partial charge in [-0.05, 0) is 37.6 Å². The molecule has 3 aromatic rings. The van der Waals surface area contributed by atoms with Crippen LogP contribution in [0.4, 0.5) is 0 Å². The molecule has 10 nitrogen and oxygen atoms in total. The molecule has 0 aliphatic carbocycles. The lowest BCUT2D eigenvalue weighted by molar-refractivity contribution is -0.140.